The molecule has 0 atom stereocenters. The fraction of sp³-hybridized carbons (Fsp3) is 0. The Kier molecular flexibility index (Phi) is 2.87. The van der Waals surface area contributed by atoms with Crippen LogP contribution in [-0.4, -0.2) is 9.55 Å². The summed E-state index contributed by atoms with van der Waals surface area (Å²) in [7, 11) is 0. The van der Waals surface area contributed by atoms with Crippen molar-refractivity contribution in [3.05, 3.63) is 68.8 Å². The number of rotatable bonds is 1. The Morgan fingerprint density at radius 2 is 1.72 bits per heavy atom. The average molecular weight is 348 g/mol. The number of hydrogen-bond donors (Lipinski definition) is 0. The molecule has 18 heavy (non-hydrogen) atoms. The van der Waals surface area contributed by atoms with Crippen LogP contribution in [0.5, 0.6) is 0 Å². The van der Waals surface area contributed by atoms with Crippen LogP contribution in [0.4, 0.5) is 0 Å². The molecule has 0 amide bonds. The van der Waals surface area contributed by atoms with Crippen LogP contribution >= 0.6 is 22.6 Å². The van der Waals surface area contributed by atoms with Crippen LogP contribution in [0, 0.1) is 3.57 Å². The summed E-state index contributed by atoms with van der Waals surface area (Å²) in [6.45, 7) is 0. The summed E-state index contributed by atoms with van der Waals surface area (Å²) in [6, 6.07) is 15.1. The molecular formula is C14H9IN2O. The van der Waals surface area contributed by atoms with Crippen LogP contribution in [0.15, 0.2) is 59.7 Å². The van der Waals surface area contributed by atoms with Gasteiger partial charge in [-0.3, -0.25) is 9.36 Å². The minimum atomic E-state index is -0.0373. The van der Waals surface area contributed by atoms with Gasteiger partial charge < -0.3 is 0 Å². The lowest BCUT2D eigenvalue weighted by molar-refractivity contribution is 0.957. The third kappa shape index (κ3) is 1.82. The highest BCUT2D eigenvalue weighted by atomic mass is 127. The van der Waals surface area contributed by atoms with E-state index in [1.54, 1.807) is 17.0 Å². The van der Waals surface area contributed by atoms with E-state index in [2.05, 4.69) is 27.6 Å². The van der Waals surface area contributed by atoms with Gasteiger partial charge in [0.15, 0.2) is 0 Å². The predicted octanol–water partition coefficient (Wildman–Crippen LogP) is 2.99. The Balaban J connectivity index is 2.35. The van der Waals surface area contributed by atoms with Crippen LogP contribution in [0.2, 0.25) is 0 Å². The number of halogens is 1. The molecule has 1 heterocycles. The van der Waals surface area contributed by atoms with E-state index >= 15 is 0 Å². The third-order valence-electron chi connectivity index (χ3n) is 2.78. The van der Waals surface area contributed by atoms with Gasteiger partial charge in [0.2, 0.25) is 0 Å². The molecule has 1 aromatic heterocycles. The lowest BCUT2D eigenvalue weighted by atomic mass is 10.2. The molecule has 0 spiro atoms. The lowest BCUT2D eigenvalue weighted by Crippen LogP contribution is -2.19. The lowest BCUT2D eigenvalue weighted by Gasteiger charge is -2.08. The van der Waals surface area contributed by atoms with Gasteiger partial charge >= 0.3 is 0 Å². The smallest absolute Gasteiger partial charge is 0.265 e. The molecule has 3 aromatic rings. The molecule has 0 unspecified atom stereocenters. The highest BCUT2D eigenvalue weighted by Crippen LogP contribution is 2.15. The van der Waals surface area contributed by atoms with E-state index in [1.807, 2.05) is 42.5 Å². The molecule has 0 saturated heterocycles. The standard InChI is InChI=1S/C14H9IN2O/c15-11-6-2-4-8-13(11)17-9-16-12-7-3-1-5-10(12)14(17)18/h1-9H. The molecule has 0 fully saturated rings. The van der Waals surface area contributed by atoms with Gasteiger partial charge in [0, 0.05) is 3.57 Å². The summed E-state index contributed by atoms with van der Waals surface area (Å²) in [5.74, 6) is 0. The van der Waals surface area contributed by atoms with Crippen molar-refractivity contribution in [1.82, 2.24) is 9.55 Å². The molecule has 3 nitrogen and oxygen atoms in total. The first-order valence-corrected chi connectivity index (χ1v) is 6.56. The van der Waals surface area contributed by atoms with Gasteiger partial charge in [0.1, 0.15) is 6.33 Å². The van der Waals surface area contributed by atoms with Gasteiger partial charge in [-0.15, -0.1) is 0 Å². The fourth-order valence-electron chi connectivity index (χ4n) is 1.89. The first-order chi connectivity index (χ1) is 8.77. The summed E-state index contributed by atoms with van der Waals surface area (Å²) in [4.78, 5) is 16.7. The summed E-state index contributed by atoms with van der Waals surface area (Å²) in [5, 5.41) is 0.639. The molecule has 0 saturated carbocycles. The first kappa shape index (κ1) is 11.4. The van der Waals surface area contributed by atoms with E-state index in [0.29, 0.717) is 5.39 Å². The number of benzene rings is 2. The maximum absolute atomic E-state index is 12.4. The second-order valence-electron chi connectivity index (χ2n) is 3.89. The van der Waals surface area contributed by atoms with Gasteiger partial charge in [-0.05, 0) is 46.9 Å². The van der Waals surface area contributed by atoms with E-state index in [9.17, 15) is 4.79 Å². The third-order valence-corrected chi connectivity index (χ3v) is 3.69. The van der Waals surface area contributed by atoms with Crippen molar-refractivity contribution in [3.63, 3.8) is 0 Å². The molecule has 0 radical (unpaired) electrons. The normalized spacial score (nSPS) is 10.7. The molecule has 0 bridgehead atoms. The van der Waals surface area contributed by atoms with Crippen LogP contribution in [-0.2, 0) is 0 Å². The molecule has 3 rings (SSSR count). The quantitative estimate of drug-likeness (QED) is 0.634. The van der Waals surface area contributed by atoms with Gasteiger partial charge in [-0.25, -0.2) is 4.98 Å². The Bertz CT molecular complexity index is 780. The molecule has 4 heteroatoms. The Labute approximate surface area is 117 Å². The van der Waals surface area contributed by atoms with Crippen LogP contribution < -0.4 is 5.56 Å². The Morgan fingerprint density at radius 1 is 1.00 bits per heavy atom. The van der Waals surface area contributed by atoms with Crippen LogP contribution in [0.25, 0.3) is 16.6 Å². The first-order valence-electron chi connectivity index (χ1n) is 5.49. The number of hydrogen-bond acceptors (Lipinski definition) is 2. The number of nitrogens with zero attached hydrogens (tertiary/aromatic N) is 2. The largest absolute Gasteiger partial charge is 0.268 e. The maximum atomic E-state index is 12.4. The van der Waals surface area contributed by atoms with E-state index in [4.69, 9.17) is 0 Å². The second-order valence-corrected chi connectivity index (χ2v) is 5.05. The average Bonchev–Trinajstić information content (AvgIpc) is 2.41. The van der Waals surface area contributed by atoms with Crippen LogP contribution in [0.3, 0.4) is 0 Å². The summed E-state index contributed by atoms with van der Waals surface area (Å²) < 4.78 is 2.61. The zero-order valence-corrected chi connectivity index (χ0v) is 11.5. The van der Waals surface area contributed by atoms with E-state index in [0.717, 1.165) is 14.8 Å². The second kappa shape index (κ2) is 4.53. The van der Waals surface area contributed by atoms with Gasteiger partial charge in [-0.1, -0.05) is 24.3 Å². The van der Waals surface area contributed by atoms with Crippen LogP contribution in [0.1, 0.15) is 0 Å². The predicted molar refractivity (Wildman–Crippen MR) is 80.1 cm³/mol. The molecule has 2 aromatic carbocycles. The SMILES string of the molecule is O=c1c2ccccc2ncn1-c1ccccc1I. The highest BCUT2D eigenvalue weighted by Gasteiger charge is 2.07. The number of aromatic nitrogens is 2. The van der Waals surface area contributed by atoms with Crippen molar-refractivity contribution in [2.24, 2.45) is 0 Å². The summed E-state index contributed by atoms with van der Waals surface area (Å²) in [6.07, 6.45) is 1.59. The van der Waals surface area contributed by atoms with Gasteiger partial charge in [0.25, 0.3) is 5.56 Å². The number of fused-ring (bicyclic) bond motifs is 1. The van der Waals surface area contributed by atoms with Crippen molar-refractivity contribution >= 4 is 33.5 Å². The number of para-hydroxylation sites is 2. The monoisotopic (exact) mass is 348 g/mol. The zero-order chi connectivity index (χ0) is 12.5. The highest BCUT2D eigenvalue weighted by molar-refractivity contribution is 14.1. The molecule has 0 aliphatic heterocycles. The van der Waals surface area contributed by atoms with E-state index < -0.39 is 0 Å². The van der Waals surface area contributed by atoms with Crippen molar-refractivity contribution in [2.75, 3.05) is 0 Å². The molecule has 0 aliphatic carbocycles. The van der Waals surface area contributed by atoms with E-state index in [-0.39, 0.29) is 5.56 Å². The van der Waals surface area contributed by atoms with Gasteiger partial charge in [-0.2, -0.15) is 0 Å². The Hall–Kier alpha value is -1.69. The molecular weight excluding hydrogens is 339 g/mol. The zero-order valence-electron chi connectivity index (χ0n) is 9.38. The van der Waals surface area contributed by atoms with Crippen molar-refractivity contribution < 1.29 is 0 Å². The van der Waals surface area contributed by atoms with Gasteiger partial charge in [0.05, 0.1) is 16.6 Å². The van der Waals surface area contributed by atoms with Crippen molar-refractivity contribution in [1.29, 1.82) is 0 Å². The summed E-state index contributed by atoms with van der Waals surface area (Å²) in [5.41, 5.74) is 1.55. The van der Waals surface area contributed by atoms with E-state index in [1.165, 1.54) is 0 Å². The molecule has 88 valence electrons. The minimum Gasteiger partial charge on any atom is -0.268 e. The maximum Gasteiger partial charge on any atom is 0.265 e. The van der Waals surface area contributed by atoms with Crippen molar-refractivity contribution in [3.8, 4) is 5.69 Å². The topological polar surface area (TPSA) is 34.9 Å². The summed E-state index contributed by atoms with van der Waals surface area (Å²) >= 11 is 2.22. The molecule has 0 N–H and O–H groups in total. The Morgan fingerprint density at radius 3 is 2.56 bits per heavy atom. The van der Waals surface area contributed by atoms with Crippen molar-refractivity contribution in [2.45, 2.75) is 0 Å². The minimum absolute atomic E-state index is 0.0373. The fourth-order valence-corrected chi connectivity index (χ4v) is 2.54. The molecule has 0 aliphatic rings.